The molecule has 0 atom stereocenters. The van der Waals surface area contributed by atoms with E-state index >= 15 is 0 Å². The Labute approximate surface area is 142 Å². The van der Waals surface area contributed by atoms with Crippen molar-refractivity contribution < 1.29 is 29.5 Å². The van der Waals surface area contributed by atoms with Crippen LogP contribution in [0.3, 0.4) is 0 Å². The van der Waals surface area contributed by atoms with E-state index in [4.69, 9.17) is 9.84 Å². The normalized spacial score (nSPS) is 10.3. The van der Waals surface area contributed by atoms with Gasteiger partial charge in [-0.15, -0.1) is 0 Å². The lowest BCUT2D eigenvalue weighted by molar-refractivity contribution is -0.385. The number of carbonyl (C=O) groups is 2. The zero-order valence-electron chi connectivity index (χ0n) is 13.5. The van der Waals surface area contributed by atoms with Gasteiger partial charge in [-0.3, -0.25) is 14.9 Å². The van der Waals surface area contributed by atoms with E-state index in [1.807, 2.05) is 0 Å². The highest BCUT2D eigenvalue weighted by Gasteiger charge is 2.19. The van der Waals surface area contributed by atoms with Crippen LogP contribution >= 0.6 is 0 Å². The number of phenols is 1. The van der Waals surface area contributed by atoms with Crippen molar-refractivity contribution in [2.24, 2.45) is 0 Å². The van der Waals surface area contributed by atoms with E-state index in [0.29, 0.717) is 5.56 Å². The van der Waals surface area contributed by atoms with Gasteiger partial charge in [-0.1, -0.05) is 0 Å². The molecule has 0 aliphatic carbocycles. The number of nitro groups is 1. The average Bonchev–Trinajstić information content (AvgIpc) is 2.55. The Morgan fingerprint density at radius 3 is 2.48 bits per heavy atom. The monoisotopic (exact) mass is 345 g/mol. The van der Waals surface area contributed by atoms with Gasteiger partial charge < -0.3 is 14.9 Å². The van der Waals surface area contributed by atoms with Crippen molar-refractivity contribution in [3.8, 4) is 11.5 Å². The molecule has 0 saturated heterocycles. The molecule has 0 saturated carbocycles. The predicted octanol–water partition coefficient (Wildman–Crippen LogP) is 3.09. The molecule has 0 spiro atoms. The minimum atomic E-state index is -1.27. The van der Waals surface area contributed by atoms with Crippen LogP contribution < -0.4 is 4.74 Å². The lowest BCUT2D eigenvalue weighted by atomic mass is 10.1. The Morgan fingerprint density at radius 2 is 1.92 bits per heavy atom. The summed E-state index contributed by atoms with van der Waals surface area (Å²) in [6.07, 6.45) is 0. The SMILES string of the molecule is CC(=O)c1ccc(OCc2ccc(C(=O)O)cc2[N+](=O)[O-])c(C)c1O. The Balaban J connectivity index is 2.30. The molecule has 0 bridgehead atoms. The van der Waals surface area contributed by atoms with Gasteiger partial charge in [0.25, 0.3) is 5.69 Å². The highest BCUT2D eigenvalue weighted by Crippen LogP contribution is 2.32. The second-order valence-electron chi connectivity index (χ2n) is 5.34. The van der Waals surface area contributed by atoms with Crippen LogP contribution in [0.5, 0.6) is 11.5 Å². The molecule has 0 heterocycles. The molecular formula is C17H15NO7. The van der Waals surface area contributed by atoms with E-state index in [1.54, 1.807) is 6.92 Å². The first-order chi connectivity index (χ1) is 11.7. The molecule has 0 radical (unpaired) electrons. The molecule has 2 aromatic carbocycles. The Hall–Kier alpha value is -3.42. The zero-order valence-corrected chi connectivity index (χ0v) is 13.5. The summed E-state index contributed by atoms with van der Waals surface area (Å²) in [6, 6.07) is 6.41. The number of hydrogen-bond acceptors (Lipinski definition) is 6. The molecule has 2 aromatic rings. The highest BCUT2D eigenvalue weighted by atomic mass is 16.6. The first-order valence-corrected chi connectivity index (χ1v) is 7.19. The number of ketones is 1. The zero-order chi connectivity index (χ0) is 18.7. The third-order valence-electron chi connectivity index (χ3n) is 3.67. The Morgan fingerprint density at radius 1 is 1.24 bits per heavy atom. The van der Waals surface area contributed by atoms with Crippen LogP contribution in [-0.4, -0.2) is 26.9 Å². The van der Waals surface area contributed by atoms with Crippen molar-refractivity contribution in [1.29, 1.82) is 0 Å². The number of benzene rings is 2. The van der Waals surface area contributed by atoms with Gasteiger partial charge >= 0.3 is 5.97 Å². The number of nitro benzene ring substituents is 1. The number of Topliss-reactive ketones (excluding diaryl/α,β-unsaturated/α-hetero) is 1. The molecule has 130 valence electrons. The summed E-state index contributed by atoms with van der Waals surface area (Å²) in [5.41, 5.74) is 0.0981. The molecule has 8 nitrogen and oxygen atoms in total. The minimum absolute atomic E-state index is 0.154. The lowest BCUT2D eigenvalue weighted by Gasteiger charge is -2.12. The number of rotatable bonds is 6. The Kier molecular flexibility index (Phi) is 5.02. The third-order valence-corrected chi connectivity index (χ3v) is 3.67. The van der Waals surface area contributed by atoms with Gasteiger partial charge in [-0.05, 0) is 38.1 Å². The number of hydrogen-bond donors (Lipinski definition) is 2. The molecular weight excluding hydrogens is 330 g/mol. The largest absolute Gasteiger partial charge is 0.507 e. The van der Waals surface area contributed by atoms with E-state index in [1.165, 1.54) is 31.2 Å². The van der Waals surface area contributed by atoms with Crippen molar-refractivity contribution in [3.05, 3.63) is 62.7 Å². The molecule has 2 rings (SSSR count). The fourth-order valence-electron chi connectivity index (χ4n) is 2.27. The van der Waals surface area contributed by atoms with E-state index in [0.717, 1.165) is 6.07 Å². The number of phenolic OH excluding ortho intramolecular Hbond substituents is 1. The van der Waals surface area contributed by atoms with Crippen LogP contribution in [0.25, 0.3) is 0 Å². The number of nitrogens with zero attached hydrogens (tertiary/aromatic N) is 1. The van der Waals surface area contributed by atoms with E-state index in [-0.39, 0.29) is 46.3 Å². The Bertz CT molecular complexity index is 874. The van der Waals surface area contributed by atoms with Gasteiger partial charge in [0.05, 0.1) is 21.6 Å². The fraction of sp³-hybridized carbons (Fsp3) is 0.176. The maximum Gasteiger partial charge on any atom is 0.335 e. The summed E-state index contributed by atoms with van der Waals surface area (Å²) >= 11 is 0. The number of aromatic hydroxyl groups is 1. The highest BCUT2D eigenvalue weighted by molar-refractivity contribution is 5.97. The summed E-state index contributed by atoms with van der Waals surface area (Å²) in [4.78, 5) is 32.8. The third kappa shape index (κ3) is 3.74. The standard InChI is InChI=1S/C17H15NO7/c1-9-15(6-5-13(10(2)19)16(9)20)25-8-12-4-3-11(17(21)22)7-14(12)18(23)24/h3-7,20H,8H2,1-2H3,(H,21,22). The number of aromatic carboxylic acids is 1. The van der Waals surface area contributed by atoms with Gasteiger partial charge in [-0.25, -0.2) is 4.79 Å². The van der Waals surface area contributed by atoms with Crippen LogP contribution in [0, 0.1) is 17.0 Å². The first-order valence-electron chi connectivity index (χ1n) is 7.19. The molecule has 0 aliphatic heterocycles. The minimum Gasteiger partial charge on any atom is -0.507 e. The second-order valence-corrected chi connectivity index (χ2v) is 5.34. The summed E-state index contributed by atoms with van der Waals surface area (Å²) < 4.78 is 5.51. The molecule has 2 N–H and O–H groups in total. The number of ether oxygens (including phenoxy) is 1. The van der Waals surface area contributed by atoms with Gasteiger partial charge in [0.1, 0.15) is 18.1 Å². The molecule has 25 heavy (non-hydrogen) atoms. The summed E-state index contributed by atoms with van der Waals surface area (Å²) in [5.74, 6) is -1.51. The lowest BCUT2D eigenvalue weighted by Crippen LogP contribution is -2.05. The molecule has 0 fully saturated rings. The van der Waals surface area contributed by atoms with Crippen LogP contribution in [0.1, 0.15) is 38.8 Å². The van der Waals surface area contributed by atoms with Crippen molar-refractivity contribution in [1.82, 2.24) is 0 Å². The molecule has 0 aromatic heterocycles. The second kappa shape index (κ2) is 7.00. The van der Waals surface area contributed by atoms with Gasteiger partial charge in [0.15, 0.2) is 5.78 Å². The summed E-state index contributed by atoms with van der Waals surface area (Å²) in [6.45, 7) is 2.68. The van der Waals surface area contributed by atoms with E-state index in [9.17, 15) is 24.8 Å². The van der Waals surface area contributed by atoms with Crippen LogP contribution in [0.4, 0.5) is 5.69 Å². The molecule has 8 heteroatoms. The number of carboxylic acid groups (broad SMARTS) is 1. The predicted molar refractivity (Wildman–Crippen MR) is 87.2 cm³/mol. The maximum atomic E-state index is 11.4. The maximum absolute atomic E-state index is 11.4. The average molecular weight is 345 g/mol. The topological polar surface area (TPSA) is 127 Å². The van der Waals surface area contributed by atoms with Crippen LogP contribution in [0.15, 0.2) is 30.3 Å². The van der Waals surface area contributed by atoms with Crippen molar-refractivity contribution in [3.63, 3.8) is 0 Å². The van der Waals surface area contributed by atoms with E-state index < -0.39 is 10.9 Å². The van der Waals surface area contributed by atoms with Crippen molar-refractivity contribution >= 4 is 17.4 Å². The van der Waals surface area contributed by atoms with Crippen LogP contribution in [0.2, 0.25) is 0 Å². The quantitative estimate of drug-likeness (QED) is 0.468. The fourth-order valence-corrected chi connectivity index (χ4v) is 2.27. The van der Waals surface area contributed by atoms with Crippen molar-refractivity contribution in [2.75, 3.05) is 0 Å². The number of carboxylic acids is 1. The smallest absolute Gasteiger partial charge is 0.335 e. The molecule has 0 aliphatic rings. The molecule has 0 amide bonds. The number of carbonyl (C=O) groups excluding carboxylic acids is 1. The van der Waals surface area contributed by atoms with Gasteiger partial charge in [0.2, 0.25) is 0 Å². The van der Waals surface area contributed by atoms with E-state index in [2.05, 4.69) is 0 Å². The van der Waals surface area contributed by atoms with Gasteiger partial charge in [0, 0.05) is 11.6 Å². The summed E-state index contributed by atoms with van der Waals surface area (Å²) in [5, 5.41) is 30.1. The van der Waals surface area contributed by atoms with Crippen molar-refractivity contribution in [2.45, 2.75) is 20.5 Å². The van der Waals surface area contributed by atoms with Crippen LogP contribution in [-0.2, 0) is 6.61 Å². The first kappa shape index (κ1) is 17.9. The van der Waals surface area contributed by atoms with Gasteiger partial charge in [-0.2, -0.15) is 0 Å². The summed E-state index contributed by atoms with van der Waals surface area (Å²) in [7, 11) is 0. The molecule has 0 unspecified atom stereocenters.